The number of benzene rings is 3. The summed E-state index contributed by atoms with van der Waals surface area (Å²) in [5.41, 5.74) is 4.93. The molecular formula is C30H30N2O8S2+2. The monoisotopic (exact) mass is 610 g/mol. The molecule has 0 amide bonds. The first kappa shape index (κ1) is 28.3. The van der Waals surface area contributed by atoms with E-state index < -0.39 is 31.4 Å². The molecule has 0 aliphatic carbocycles. The van der Waals surface area contributed by atoms with Crippen LogP contribution in [-0.2, 0) is 26.8 Å². The molecule has 2 unspecified atom stereocenters. The molecule has 2 aliphatic heterocycles. The molecule has 1 aromatic heterocycles. The van der Waals surface area contributed by atoms with Crippen LogP contribution in [0.4, 0.5) is 5.69 Å². The maximum atomic E-state index is 12.3. The highest BCUT2D eigenvalue weighted by atomic mass is 32.2. The largest absolute Gasteiger partial charge is 0.406 e. The lowest BCUT2D eigenvalue weighted by Gasteiger charge is -2.45. The maximum Gasteiger partial charge on any atom is 0.374 e. The van der Waals surface area contributed by atoms with Crippen molar-refractivity contribution in [2.24, 2.45) is 0 Å². The van der Waals surface area contributed by atoms with Crippen molar-refractivity contribution in [1.82, 2.24) is 4.48 Å². The number of aryl methyl sites for hydroxylation is 2. The van der Waals surface area contributed by atoms with Crippen molar-refractivity contribution >= 4 is 43.1 Å². The van der Waals surface area contributed by atoms with Gasteiger partial charge < -0.3 is 9.15 Å². The number of ether oxygens (including phenoxy) is 1. The zero-order valence-electron chi connectivity index (χ0n) is 22.8. The highest BCUT2D eigenvalue weighted by molar-refractivity contribution is 7.86. The van der Waals surface area contributed by atoms with Gasteiger partial charge in [-0.15, -0.1) is 0 Å². The Kier molecular flexibility index (Phi) is 7.06. The third kappa shape index (κ3) is 5.16. The fourth-order valence-corrected chi connectivity index (χ4v) is 7.47. The van der Waals surface area contributed by atoms with Crippen LogP contribution in [0.2, 0.25) is 0 Å². The number of allylic oxidation sites excluding steroid dienone is 2. The van der Waals surface area contributed by atoms with Gasteiger partial charge in [-0.05, 0) is 41.8 Å². The number of nitrogens with zero attached hydrogens (tertiary/aromatic N) is 2. The Balaban J connectivity index is 1.39. The minimum Gasteiger partial charge on any atom is -0.406 e. The summed E-state index contributed by atoms with van der Waals surface area (Å²) in [4.78, 5) is 0. The Morgan fingerprint density at radius 3 is 2.48 bits per heavy atom. The van der Waals surface area contributed by atoms with Gasteiger partial charge in [-0.25, -0.2) is 4.48 Å². The second-order valence-electron chi connectivity index (χ2n) is 10.6. The molecule has 2 N–H and O–H groups in total. The zero-order chi connectivity index (χ0) is 29.7. The van der Waals surface area contributed by atoms with Crippen molar-refractivity contribution in [2.45, 2.75) is 31.7 Å². The van der Waals surface area contributed by atoms with Crippen molar-refractivity contribution < 1.29 is 39.7 Å². The minimum atomic E-state index is -4.36. The summed E-state index contributed by atoms with van der Waals surface area (Å²) in [7, 11) is -8.50. The van der Waals surface area contributed by atoms with E-state index in [9.17, 15) is 25.9 Å². The summed E-state index contributed by atoms with van der Waals surface area (Å²) in [5, 5.41) is -1.07. The van der Waals surface area contributed by atoms with Crippen molar-refractivity contribution in [3.05, 3.63) is 96.2 Å². The Morgan fingerprint density at radius 2 is 1.79 bits per heavy atom. The van der Waals surface area contributed by atoms with Crippen molar-refractivity contribution in [3.63, 3.8) is 0 Å². The van der Waals surface area contributed by atoms with E-state index in [1.807, 2.05) is 78.2 Å². The van der Waals surface area contributed by atoms with E-state index in [1.54, 1.807) is 18.2 Å². The van der Waals surface area contributed by atoms with E-state index in [2.05, 4.69) is 0 Å². The minimum absolute atomic E-state index is 0.131. The predicted octanol–water partition coefficient (Wildman–Crippen LogP) is 4.85. The average Bonchev–Trinajstić information content (AvgIpc) is 3.42. The van der Waals surface area contributed by atoms with Crippen molar-refractivity contribution in [3.8, 4) is 16.9 Å². The normalized spacial score (nSPS) is 21.2. The number of fused-ring (bicyclic) bond motifs is 3. The SMILES string of the molecule is Cc1ccc2c(c1)OC(=CC=Cc1oc3ccc(-c4ccccc4)cc3[n+]1CCCS(=O)(=O)O)[N+]21CCC1S(=O)(=O)O. The Bertz CT molecular complexity index is 1960. The fourth-order valence-electron chi connectivity index (χ4n) is 5.79. The van der Waals surface area contributed by atoms with E-state index >= 15 is 0 Å². The van der Waals surface area contributed by atoms with Gasteiger partial charge in [0.25, 0.3) is 15.6 Å². The predicted molar refractivity (Wildman–Crippen MR) is 158 cm³/mol. The molecule has 0 saturated carbocycles. The summed E-state index contributed by atoms with van der Waals surface area (Å²) in [5.74, 6) is 0.928. The molecule has 42 heavy (non-hydrogen) atoms. The highest BCUT2D eigenvalue weighted by Gasteiger charge is 2.63. The van der Waals surface area contributed by atoms with E-state index in [-0.39, 0.29) is 23.9 Å². The summed E-state index contributed by atoms with van der Waals surface area (Å²) < 4.78 is 80.6. The van der Waals surface area contributed by atoms with E-state index in [0.29, 0.717) is 35.3 Å². The van der Waals surface area contributed by atoms with E-state index in [0.717, 1.165) is 22.2 Å². The fraction of sp³-hybridized carbons (Fsp3) is 0.233. The van der Waals surface area contributed by atoms with Gasteiger partial charge in [-0.3, -0.25) is 9.11 Å². The number of aromatic nitrogens is 1. The van der Waals surface area contributed by atoms with Gasteiger partial charge >= 0.3 is 21.9 Å². The van der Waals surface area contributed by atoms with Crippen LogP contribution in [0.1, 0.15) is 24.3 Å². The molecule has 1 spiro atoms. The quantitative estimate of drug-likeness (QED) is 0.164. The number of quaternary nitrogens is 1. The summed E-state index contributed by atoms with van der Waals surface area (Å²) in [6.07, 6.45) is 5.49. The molecule has 218 valence electrons. The second kappa shape index (κ2) is 10.5. The molecule has 0 radical (unpaired) electrons. The summed E-state index contributed by atoms with van der Waals surface area (Å²) in [6.45, 7) is 2.62. The molecule has 6 rings (SSSR count). The molecule has 12 heteroatoms. The van der Waals surface area contributed by atoms with Crippen LogP contribution in [-0.4, -0.2) is 43.6 Å². The Morgan fingerprint density at radius 1 is 1.00 bits per heavy atom. The maximum absolute atomic E-state index is 12.3. The van der Waals surface area contributed by atoms with Gasteiger partial charge in [0.2, 0.25) is 11.0 Å². The van der Waals surface area contributed by atoms with Gasteiger partial charge in [0.15, 0.2) is 18.0 Å². The molecule has 3 aromatic carbocycles. The second-order valence-corrected chi connectivity index (χ2v) is 13.7. The molecule has 2 atom stereocenters. The first-order valence-corrected chi connectivity index (χ1v) is 16.6. The van der Waals surface area contributed by atoms with Crippen LogP contribution in [0, 0.1) is 6.92 Å². The van der Waals surface area contributed by atoms with Gasteiger partial charge in [0, 0.05) is 24.6 Å². The summed E-state index contributed by atoms with van der Waals surface area (Å²) >= 11 is 0. The van der Waals surface area contributed by atoms with Gasteiger partial charge in [-0.1, -0.05) is 42.5 Å². The standard InChI is InChI=1S/C30H28N2O8S2/c1-21-11-13-25-27(19-21)40-29(32(25)17-15-30(32)42(36,37)38)10-5-9-28-31(16-6-18-41(33,34)35)24-20-23(12-14-26(24)39-28)22-7-3-2-4-8-22/h2-5,7-14,19-20,30H,6,15-18H2,1H3/p+2. The lowest BCUT2D eigenvalue weighted by Crippen LogP contribution is -2.67. The molecular weight excluding hydrogens is 580 g/mol. The van der Waals surface area contributed by atoms with Crippen molar-refractivity contribution in [1.29, 1.82) is 0 Å². The lowest BCUT2D eigenvalue weighted by molar-refractivity contribution is -0.677. The Labute approximate surface area is 243 Å². The van der Waals surface area contributed by atoms with Crippen LogP contribution in [0.15, 0.2) is 89.2 Å². The lowest BCUT2D eigenvalue weighted by atomic mass is 10.1. The van der Waals surface area contributed by atoms with Crippen LogP contribution >= 0.6 is 0 Å². The zero-order valence-corrected chi connectivity index (χ0v) is 24.4. The van der Waals surface area contributed by atoms with Gasteiger partial charge in [0.1, 0.15) is 0 Å². The summed E-state index contributed by atoms with van der Waals surface area (Å²) in [6, 6.07) is 21.1. The number of hydrogen-bond donors (Lipinski definition) is 2. The Hall–Kier alpha value is -3.81. The molecule has 2 aliphatic rings. The third-order valence-electron chi connectivity index (χ3n) is 7.82. The molecule has 0 bridgehead atoms. The van der Waals surface area contributed by atoms with Crippen LogP contribution in [0.25, 0.3) is 28.3 Å². The van der Waals surface area contributed by atoms with Crippen molar-refractivity contribution in [2.75, 3.05) is 12.3 Å². The molecule has 3 heterocycles. The molecule has 1 saturated heterocycles. The molecule has 4 aromatic rings. The molecule has 10 nitrogen and oxygen atoms in total. The average molecular weight is 611 g/mol. The van der Waals surface area contributed by atoms with E-state index in [1.165, 1.54) is 0 Å². The molecule has 1 fully saturated rings. The van der Waals surface area contributed by atoms with Gasteiger partial charge in [-0.2, -0.15) is 21.4 Å². The van der Waals surface area contributed by atoms with Gasteiger partial charge in [0.05, 0.1) is 24.8 Å². The van der Waals surface area contributed by atoms with E-state index in [4.69, 9.17) is 9.15 Å². The number of rotatable bonds is 8. The smallest absolute Gasteiger partial charge is 0.374 e. The first-order valence-electron chi connectivity index (χ1n) is 13.4. The van der Waals surface area contributed by atoms with Crippen LogP contribution in [0.5, 0.6) is 5.75 Å². The van der Waals surface area contributed by atoms with Crippen LogP contribution in [0.3, 0.4) is 0 Å². The number of oxazole rings is 1. The number of hydrogen-bond acceptors (Lipinski definition) is 6. The first-order chi connectivity index (χ1) is 20.0. The van der Waals surface area contributed by atoms with Crippen LogP contribution < -0.4 is 13.8 Å². The third-order valence-corrected chi connectivity index (χ3v) is 9.90. The topological polar surface area (TPSA) is 135 Å². The highest BCUT2D eigenvalue weighted by Crippen LogP contribution is 2.53.